The second kappa shape index (κ2) is 6.57. The molecule has 0 amide bonds. The van der Waals surface area contributed by atoms with Crippen LogP contribution in [0.5, 0.6) is 5.75 Å². The minimum absolute atomic E-state index is 0.166. The smallest absolute Gasteiger partial charge is 0.263 e. The zero-order chi connectivity index (χ0) is 18.0. The summed E-state index contributed by atoms with van der Waals surface area (Å²) in [4.78, 5) is 4.36. The van der Waals surface area contributed by atoms with Gasteiger partial charge in [0.2, 0.25) is 0 Å². The van der Waals surface area contributed by atoms with E-state index < -0.39 is 10.0 Å². The topological polar surface area (TPSA) is 79.3 Å². The molecule has 3 rings (SSSR count). The van der Waals surface area contributed by atoms with Crippen LogP contribution in [-0.4, -0.2) is 18.5 Å². The number of nitrogens with zero attached hydrogens (tertiary/aromatic N) is 1. The number of benzene rings is 2. The van der Waals surface area contributed by atoms with Gasteiger partial charge in [-0.05, 0) is 60.9 Å². The van der Waals surface area contributed by atoms with Gasteiger partial charge in [-0.25, -0.2) is 13.4 Å². The zero-order valence-electron chi connectivity index (χ0n) is 13.9. The van der Waals surface area contributed by atoms with E-state index in [1.165, 1.54) is 0 Å². The Hall–Kier alpha value is -2.86. The fourth-order valence-electron chi connectivity index (χ4n) is 2.61. The van der Waals surface area contributed by atoms with Crippen molar-refractivity contribution in [2.75, 3.05) is 4.72 Å². The summed E-state index contributed by atoms with van der Waals surface area (Å²) < 4.78 is 27.8. The van der Waals surface area contributed by atoms with Gasteiger partial charge in [0.1, 0.15) is 11.6 Å². The van der Waals surface area contributed by atoms with Crippen LogP contribution in [-0.2, 0) is 10.0 Å². The fourth-order valence-corrected chi connectivity index (χ4v) is 3.84. The van der Waals surface area contributed by atoms with Gasteiger partial charge < -0.3 is 5.11 Å². The molecule has 5 nitrogen and oxygen atoms in total. The second-order valence-corrected chi connectivity index (χ2v) is 7.45. The number of sulfonamides is 1. The number of pyridine rings is 1. The van der Waals surface area contributed by atoms with Crippen molar-refractivity contribution >= 4 is 15.8 Å². The minimum atomic E-state index is -3.73. The zero-order valence-corrected chi connectivity index (χ0v) is 14.7. The molecule has 2 N–H and O–H groups in total. The van der Waals surface area contributed by atoms with Crippen molar-refractivity contribution in [2.24, 2.45) is 0 Å². The molecule has 0 spiro atoms. The largest absolute Gasteiger partial charge is 0.508 e. The van der Waals surface area contributed by atoms with Crippen LogP contribution in [0.2, 0.25) is 0 Å². The third-order valence-corrected chi connectivity index (χ3v) is 5.29. The number of anilines is 1. The van der Waals surface area contributed by atoms with Gasteiger partial charge >= 0.3 is 0 Å². The Labute approximate surface area is 147 Å². The normalized spacial score (nSPS) is 11.3. The van der Waals surface area contributed by atoms with Crippen LogP contribution in [0.3, 0.4) is 0 Å². The highest BCUT2D eigenvalue weighted by molar-refractivity contribution is 7.92. The van der Waals surface area contributed by atoms with Gasteiger partial charge in [-0.15, -0.1) is 0 Å². The number of aromatic hydroxyl groups is 1. The molecule has 1 aromatic heterocycles. The average Bonchev–Trinajstić information content (AvgIpc) is 2.54. The monoisotopic (exact) mass is 354 g/mol. The number of hydrogen-bond acceptors (Lipinski definition) is 4. The molecule has 2 aromatic carbocycles. The molecule has 0 aliphatic carbocycles. The third-order valence-electron chi connectivity index (χ3n) is 3.77. The van der Waals surface area contributed by atoms with Gasteiger partial charge in [0.15, 0.2) is 0 Å². The van der Waals surface area contributed by atoms with Crippen molar-refractivity contribution in [2.45, 2.75) is 18.7 Å². The summed E-state index contributed by atoms with van der Waals surface area (Å²) in [6, 6.07) is 17.1. The van der Waals surface area contributed by atoms with E-state index in [4.69, 9.17) is 0 Å². The maximum Gasteiger partial charge on any atom is 0.263 e. The van der Waals surface area contributed by atoms with E-state index in [-0.39, 0.29) is 16.5 Å². The van der Waals surface area contributed by atoms with Crippen LogP contribution in [0.25, 0.3) is 11.1 Å². The third kappa shape index (κ3) is 3.80. The lowest BCUT2D eigenvalue weighted by molar-refractivity contribution is 0.475. The summed E-state index contributed by atoms with van der Waals surface area (Å²) in [6.45, 7) is 3.54. The first-order chi connectivity index (χ1) is 11.8. The molecular weight excluding hydrogens is 336 g/mol. The Balaban J connectivity index is 1.95. The first-order valence-electron chi connectivity index (χ1n) is 7.72. The van der Waals surface area contributed by atoms with E-state index in [0.717, 1.165) is 16.8 Å². The Kier molecular flexibility index (Phi) is 4.46. The Morgan fingerprint density at radius 2 is 1.64 bits per heavy atom. The molecule has 0 fully saturated rings. The Morgan fingerprint density at radius 3 is 2.32 bits per heavy atom. The first-order valence-corrected chi connectivity index (χ1v) is 9.20. The van der Waals surface area contributed by atoms with Crippen molar-refractivity contribution in [3.05, 3.63) is 71.9 Å². The van der Waals surface area contributed by atoms with Gasteiger partial charge in [0.05, 0.1) is 4.90 Å². The maximum atomic E-state index is 12.6. The van der Waals surface area contributed by atoms with Crippen molar-refractivity contribution in [3.8, 4) is 16.9 Å². The second-order valence-electron chi connectivity index (χ2n) is 5.80. The van der Waals surface area contributed by atoms with Crippen LogP contribution < -0.4 is 4.72 Å². The number of aryl methyl sites for hydroxylation is 2. The van der Waals surface area contributed by atoms with Crippen molar-refractivity contribution in [1.82, 2.24) is 4.98 Å². The standard InChI is InChI=1S/C19H18N2O3S/c1-13-11-16(15-6-4-7-17(22)12-15)9-10-18(13)25(23,24)21-19-8-3-5-14(2)20-19/h3-12,22H,1-2H3,(H,20,21). The van der Waals surface area contributed by atoms with E-state index in [2.05, 4.69) is 9.71 Å². The van der Waals surface area contributed by atoms with Crippen LogP contribution >= 0.6 is 0 Å². The molecule has 0 atom stereocenters. The molecule has 25 heavy (non-hydrogen) atoms. The van der Waals surface area contributed by atoms with Crippen LogP contribution in [0.1, 0.15) is 11.3 Å². The van der Waals surface area contributed by atoms with E-state index in [9.17, 15) is 13.5 Å². The Morgan fingerprint density at radius 1 is 0.920 bits per heavy atom. The lowest BCUT2D eigenvalue weighted by atomic mass is 10.0. The van der Waals surface area contributed by atoms with E-state index in [0.29, 0.717) is 5.56 Å². The molecule has 0 saturated carbocycles. The number of rotatable bonds is 4. The lowest BCUT2D eigenvalue weighted by Gasteiger charge is -2.12. The number of hydrogen-bond donors (Lipinski definition) is 2. The van der Waals surface area contributed by atoms with Crippen LogP contribution in [0.4, 0.5) is 5.82 Å². The minimum Gasteiger partial charge on any atom is -0.508 e. The number of phenolic OH excluding ortho intramolecular Hbond substituents is 1. The first kappa shape index (κ1) is 17.0. The van der Waals surface area contributed by atoms with Crippen molar-refractivity contribution < 1.29 is 13.5 Å². The molecule has 0 bridgehead atoms. The average molecular weight is 354 g/mol. The molecule has 1 heterocycles. The Bertz CT molecular complexity index is 1030. The van der Waals surface area contributed by atoms with E-state index in [1.54, 1.807) is 68.4 Å². The van der Waals surface area contributed by atoms with E-state index >= 15 is 0 Å². The van der Waals surface area contributed by atoms with Gasteiger partial charge in [-0.1, -0.05) is 30.3 Å². The number of phenols is 1. The summed E-state index contributed by atoms with van der Waals surface area (Å²) in [5.74, 6) is 0.454. The summed E-state index contributed by atoms with van der Waals surface area (Å²) >= 11 is 0. The predicted molar refractivity (Wildman–Crippen MR) is 98.1 cm³/mol. The molecule has 0 aliphatic heterocycles. The molecule has 128 valence electrons. The van der Waals surface area contributed by atoms with Crippen molar-refractivity contribution in [3.63, 3.8) is 0 Å². The fraction of sp³-hybridized carbons (Fsp3) is 0.105. The lowest BCUT2D eigenvalue weighted by Crippen LogP contribution is -2.15. The molecule has 0 aliphatic rings. The van der Waals surface area contributed by atoms with Gasteiger partial charge in [0.25, 0.3) is 10.0 Å². The van der Waals surface area contributed by atoms with E-state index in [1.807, 2.05) is 6.07 Å². The molecule has 3 aromatic rings. The molecule has 0 saturated heterocycles. The maximum absolute atomic E-state index is 12.6. The number of nitrogens with one attached hydrogen (secondary N) is 1. The summed E-state index contributed by atoms with van der Waals surface area (Å²) in [5.41, 5.74) is 3.00. The molecule has 0 radical (unpaired) electrons. The van der Waals surface area contributed by atoms with Crippen LogP contribution in [0.15, 0.2) is 65.6 Å². The van der Waals surface area contributed by atoms with Crippen LogP contribution in [0, 0.1) is 13.8 Å². The van der Waals surface area contributed by atoms with Gasteiger partial charge in [-0.2, -0.15) is 0 Å². The quantitative estimate of drug-likeness (QED) is 0.745. The summed E-state index contributed by atoms with van der Waals surface area (Å²) in [7, 11) is -3.73. The highest BCUT2D eigenvalue weighted by Crippen LogP contribution is 2.27. The summed E-state index contributed by atoms with van der Waals surface area (Å²) in [5, 5.41) is 9.60. The highest BCUT2D eigenvalue weighted by atomic mass is 32.2. The molecule has 6 heteroatoms. The van der Waals surface area contributed by atoms with Gasteiger partial charge in [0, 0.05) is 5.69 Å². The van der Waals surface area contributed by atoms with Crippen molar-refractivity contribution in [1.29, 1.82) is 0 Å². The highest BCUT2D eigenvalue weighted by Gasteiger charge is 2.18. The predicted octanol–water partition coefficient (Wildman–Crippen LogP) is 3.87. The summed E-state index contributed by atoms with van der Waals surface area (Å²) in [6.07, 6.45) is 0. The SMILES string of the molecule is Cc1cccc(NS(=O)(=O)c2ccc(-c3cccc(O)c3)cc2C)n1. The molecular formula is C19H18N2O3S. The number of aromatic nitrogens is 1. The van der Waals surface area contributed by atoms with Gasteiger partial charge in [-0.3, -0.25) is 4.72 Å². The molecule has 0 unspecified atom stereocenters.